The van der Waals surface area contributed by atoms with Gasteiger partial charge in [0.1, 0.15) is 0 Å². The maximum Gasteiger partial charge on any atom is 0.303 e. The number of aliphatic carboxylic acids is 1. The maximum absolute atomic E-state index is 11.0. The molecule has 1 rings (SSSR count). The minimum Gasteiger partial charge on any atom is -0.481 e. The van der Waals surface area contributed by atoms with Gasteiger partial charge in [0, 0.05) is 32.5 Å². The van der Waals surface area contributed by atoms with Crippen LogP contribution >= 0.6 is 0 Å². The normalized spacial score (nSPS) is 24.1. The molecule has 2 N–H and O–H groups in total. The third-order valence-electron chi connectivity index (χ3n) is 3.46. The average Bonchev–Trinajstić information content (AvgIpc) is 2.65. The van der Waals surface area contributed by atoms with Crippen molar-refractivity contribution in [2.75, 3.05) is 19.6 Å². The maximum atomic E-state index is 11.0. The first-order valence-corrected chi connectivity index (χ1v) is 6.73. The summed E-state index contributed by atoms with van der Waals surface area (Å²) < 4.78 is 0. The molecular formula is C13H24N2O3. The van der Waals surface area contributed by atoms with Crippen LogP contribution in [0.2, 0.25) is 0 Å². The SMILES string of the molecule is CCCCN1C[C@@H](CC(=O)O)C[C@H]1CNC(C)=O. The Morgan fingerprint density at radius 1 is 1.44 bits per heavy atom. The van der Waals surface area contributed by atoms with Crippen molar-refractivity contribution in [3.8, 4) is 0 Å². The lowest BCUT2D eigenvalue weighted by molar-refractivity contribution is -0.138. The zero-order valence-electron chi connectivity index (χ0n) is 11.3. The Kier molecular flexibility index (Phi) is 6.12. The Morgan fingerprint density at radius 3 is 2.72 bits per heavy atom. The van der Waals surface area contributed by atoms with E-state index in [0.717, 1.165) is 32.4 Å². The fourth-order valence-electron chi connectivity index (χ4n) is 2.59. The summed E-state index contributed by atoms with van der Waals surface area (Å²) in [6, 6.07) is 0.296. The van der Waals surface area contributed by atoms with Gasteiger partial charge in [-0.05, 0) is 25.3 Å². The summed E-state index contributed by atoms with van der Waals surface area (Å²) in [5.74, 6) is -0.527. The predicted octanol–water partition coefficient (Wildman–Crippen LogP) is 1.09. The fraction of sp³-hybridized carbons (Fsp3) is 0.846. The molecule has 104 valence electrons. The number of hydrogen-bond donors (Lipinski definition) is 2. The van der Waals surface area contributed by atoms with Gasteiger partial charge in [-0.1, -0.05) is 13.3 Å². The molecule has 0 aromatic rings. The smallest absolute Gasteiger partial charge is 0.303 e. The lowest BCUT2D eigenvalue weighted by Gasteiger charge is -2.24. The summed E-state index contributed by atoms with van der Waals surface area (Å²) in [5, 5.41) is 11.7. The molecule has 1 amide bonds. The molecule has 0 bridgehead atoms. The van der Waals surface area contributed by atoms with Crippen molar-refractivity contribution in [3.05, 3.63) is 0 Å². The van der Waals surface area contributed by atoms with E-state index in [1.807, 2.05) is 0 Å². The molecule has 1 aliphatic rings. The van der Waals surface area contributed by atoms with Crippen LogP contribution in [0.15, 0.2) is 0 Å². The highest BCUT2D eigenvalue weighted by molar-refractivity contribution is 5.72. The largest absolute Gasteiger partial charge is 0.481 e. The van der Waals surface area contributed by atoms with Crippen LogP contribution in [0.3, 0.4) is 0 Å². The van der Waals surface area contributed by atoms with Gasteiger partial charge in [-0.15, -0.1) is 0 Å². The summed E-state index contributed by atoms with van der Waals surface area (Å²) in [4.78, 5) is 24.0. The van der Waals surface area contributed by atoms with Gasteiger partial charge in [0.25, 0.3) is 0 Å². The number of carboxylic acids is 1. The summed E-state index contributed by atoms with van der Waals surface area (Å²) in [5.41, 5.74) is 0. The van der Waals surface area contributed by atoms with E-state index in [0.29, 0.717) is 12.6 Å². The summed E-state index contributed by atoms with van der Waals surface area (Å²) in [6.45, 7) is 6.14. The molecule has 5 nitrogen and oxygen atoms in total. The molecule has 1 saturated heterocycles. The lowest BCUT2D eigenvalue weighted by Crippen LogP contribution is -2.39. The van der Waals surface area contributed by atoms with Crippen molar-refractivity contribution in [1.82, 2.24) is 10.2 Å². The van der Waals surface area contributed by atoms with Crippen molar-refractivity contribution in [2.45, 2.75) is 45.6 Å². The highest BCUT2D eigenvalue weighted by atomic mass is 16.4. The first-order valence-electron chi connectivity index (χ1n) is 6.73. The Labute approximate surface area is 109 Å². The predicted molar refractivity (Wildman–Crippen MR) is 69.3 cm³/mol. The molecule has 2 atom stereocenters. The molecular weight excluding hydrogens is 232 g/mol. The van der Waals surface area contributed by atoms with Crippen molar-refractivity contribution in [1.29, 1.82) is 0 Å². The zero-order chi connectivity index (χ0) is 13.5. The fourth-order valence-corrected chi connectivity index (χ4v) is 2.59. The van der Waals surface area contributed by atoms with E-state index in [4.69, 9.17) is 5.11 Å². The molecule has 1 aliphatic heterocycles. The van der Waals surface area contributed by atoms with Crippen molar-refractivity contribution in [3.63, 3.8) is 0 Å². The number of carbonyl (C=O) groups is 2. The molecule has 0 spiro atoms. The van der Waals surface area contributed by atoms with E-state index in [2.05, 4.69) is 17.1 Å². The number of hydrogen-bond acceptors (Lipinski definition) is 3. The third kappa shape index (κ3) is 5.04. The number of nitrogens with one attached hydrogen (secondary N) is 1. The van der Waals surface area contributed by atoms with Crippen LogP contribution in [0.25, 0.3) is 0 Å². The van der Waals surface area contributed by atoms with E-state index in [1.54, 1.807) is 0 Å². The van der Waals surface area contributed by atoms with E-state index in [9.17, 15) is 9.59 Å². The minimum atomic E-state index is -0.726. The number of likely N-dealkylation sites (tertiary alicyclic amines) is 1. The van der Waals surface area contributed by atoms with Gasteiger partial charge in [0.15, 0.2) is 0 Å². The standard InChI is InChI=1S/C13H24N2O3/c1-3-4-5-15-9-11(7-13(17)18)6-12(15)8-14-10(2)16/h11-12H,3-9H2,1-2H3,(H,14,16)(H,17,18)/t11-,12+/m1/s1. The molecule has 5 heteroatoms. The molecule has 0 aromatic carbocycles. The van der Waals surface area contributed by atoms with Gasteiger partial charge >= 0.3 is 5.97 Å². The molecule has 0 radical (unpaired) electrons. The molecule has 0 saturated carbocycles. The lowest BCUT2D eigenvalue weighted by atomic mass is 10.0. The summed E-state index contributed by atoms with van der Waals surface area (Å²) in [7, 11) is 0. The van der Waals surface area contributed by atoms with Crippen LogP contribution in [-0.2, 0) is 9.59 Å². The van der Waals surface area contributed by atoms with Crippen LogP contribution in [0, 0.1) is 5.92 Å². The van der Waals surface area contributed by atoms with E-state index >= 15 is 0 Å². The molecule has 1 heterocycles. The van der Waals surface area contributed by atoms with E-state index in [-0.39, 0.29) is 18.2 Å². The van der Waals surface area contributed by atoms with Gasteiger partial charge in [-0.25, -0.2) is 0 Å². The zero-order valence-corrected chi connectivity index (χ0v) is 11.3. The van der Waals surface area contributed by atoms with Crippen LogP contribution in [-0.4, -0.2) is 47.6 Å². The second-order valence-corrected chi connectivity index (χ2v) is 5.14. The Morgan fingerprint density at radius 2 is 2.17 bits per heavy atom. The van der Waals surface area contributed by atoms with Crippen molar-refractivity contribution in [2.24, 2.45) is 5.92 Å². The second kappa shape index (κ2) is 7.36. The van der Waals surface area contributed by atoms with Gasteiger partial charge in [-0.3, -0.25) is 14.5 Å². The Bertz CT molecular complexity index is 294. The van der Waals surface area contributed by atoms with Crippen molar-refractivity contribution >= 4 is 11.9 Å². The van der Waals surface area contributed by atoms with Gasteiger partial charge < -0.3 is 10.4 Å². The molecule has 0 aliphatic carbocycles. The topological polar surface area (TPSA) is 69.6 Å². The first-order chi connectivity index (χ1) is 8.52. The summed E-state index contributed by atoms with van der Waals surface area (Å²) in [6.07, 6.45) is 3.36. The van der Waals surface area contributed by atoms with Gasteiger partial charge in [-0.2, -0.15) is 0 Å². The minimum absolute atomic E-state index is 0.0212. The van der Waals surface area contributed by atoms with Gasteiger partial charge in [0.2, 0.25) is 5.91 Å². The van der Waals surface area contributed by atoms with E-state index in [1.165, 1.54) is 6.92 Å². The Balaban J connectivity index is 2.48. The third-order valence-corrected chi connectivity index (χ3v) is 3.46. The highest BCUT2D eigenvalue weighted by Crippen LogP contribution is 2.25. The van der Waals surface area contributed by atoms with E-state index < -0.39 is 5.97 Å². The molecule has 18 heavy (non-hydrogen) atoms. The molecule has 0 aromatic heterocycles. The summed E-state index contributed by atoms with van der Waals surface area (Å²) >= 11 is 0. The van der Waals surface area contributed by atoms with Crippen LogP contribution in [0.5, 0.6) is 0 Å². The average molecular weight is 256 g/mol. The second-order valence-electron chi connectivity index (χ2n) is 5.14. The number of nitrogens with zero attached hydrogens (tertiary/aromatic N) is 1. The van der Waals surface area contributed by atoms with Crippen LogP contribution in [0.1, 0.15) is 39.5 Å². The number of carbonyl (C=O) groups excluding carboxylic acids is 1. The molecule has 1 fully saturated rings. The van der Waals surface area contributed by atoms with Crippen LogP contribution in [0.4, 0.5) is 0 Å². The monoisotopic (exact) mass is 256 g/mol. The number of unbranched alkanes of at least 4 members (excludes halogenated alkanes) is 1. The number of rotatable bonds is 7. The first kappa shape index (κ1) is 15.0. The van der Waals surface area contributed by atoms with Crippen LogP contribution < -0.4 is 5.32 Å². The highest BCUT2D eigenvalue weighted by Gasteiger charge is 2.32. The van der Waals surface area contributed by atoms with Crippen molar-refractivity contribution < 1.29 is 14.7 Å². The number of amides is 1. The quantitative estimate of drug-likeness (QED) is 0.715. The number of carboxylic acid groups (broad SMARTS) is 1. The molecule has 0 unspecified atom stereocenters. The van der Waals surface area contributed by atoms with Gasteiger partial charge in [0.05, 0.1) is 0 Å². The Hall–Kier alpha value is -1.10.